The summed E-state index contributed by atoms with van der Waals surface area (Å²) in [6.07, 6.45) is 3.84. The van der Waals surface area contributed by atoms with Gasteiger partial charge in [-0.05, 0) is 49.3 Å². The molecule has 1 aliphatic heterocycles. The molecule has 122 valence electrons. The third kappa shape index (κ3) is 3.66. The van der Waals surface area contributed by atoms with E-state index in [-0.39, 0.29) is 5.82 Å². The maximum atomic E-state index is 13.0. The van der Waals surface area contributed by atoms with Gasteiger partial charge >= 0.3 is 0 Å². The van der Waals surface area contributed by atoms with Crippen LogP contribution in [0.2, 0.25) is 0 Å². The molecule has 23 heavy (non-hydrogen) atoms. The van der Waals surface area contributed by atoms with Crippen molar-refractivity contribution in [2.24, 2.45) is 5.92 Å². The zero-order chi connectivity index (χ0) is 16.2. The fourth-order valence-electron chi connectivity index (χ4n) is 3.20. The SMILES string of the molecule is CCc1nnc(N2CCC(Cc3ccc(F)cc3)C2)nc1CC. The van der Waals surface area contributed by atoms with E-state index >= 15 is 0 Å². The van der Waals surface area contributed by atoms with Crippen molar-refractivity contribution in [2.45, 2.75) is 39.5 Å². The van der Waals surface area contributed by atoms with Gasteiger partial charge in [0.1, 0.15) is 5.82 Å². The monoisotopic (exact) mass is 314 g/mol. The Morgan fingerprint density at radius 1 is 1.09 bits per heavy atom. The molecule has 1 aliphatic rings. The molecule has 0 aliphatic carbocycles. The molecule has 1 atom stereocenters. The van der Waals surface area contributed by atoms with Crippen LogP contribution in [0.3, 0.4) is 0 Å². The molecule has 2 heterocycles. The predicted octanol–water partition coefficient (Wildman–Crippen LogP) is 3.20. The van der Waals surface area contributed by atoms with Crippen LogP contribution in [0.15, 0.2) is 24.3 Å². The standard InChI is InChI=1S/C18H23FN4/c1-3-16-17(4-2)21-22-18(20-16)23-10-9-14(12-23)11-13-5-7-15(19)8-6-13/h5-8,14H,3-4,9-12H2,1-2H3. The highest BCUT2D eigenvalue weighted by molar-refractivity contribution is 5.32. The lowest BCUT2D eigenvalue weighted by Crippen LogP contribution is -2.24. The molecule has 4 nitrogen and oxygen atoms in total. The van der Waals surface area contributed by atoms with Gasteiger partial charge in [0.15, 0.2) is 0 Å². The first-order chi connectivity index (χ1) is 11.2. The van der Waals surface area contributed by atoms with Gasteiger partial charge in [-0.15, -0.1) is 5.10 Å². The fraction of sp³-hybridized carbons (Fsp3) is 0.500. The van der Waals surface area contributed by atoms with Crippen LogP contribution < -0.4 is 4.90 Å². The number of nitrogens with zero attached hydrogens (tertiary/aromatic N) is 4. The summed E-state index contributed by atoms with van der Waals surface area (Å²) in [5.74, 6) is 1.13. The third-order valence-corrected chi connectivity index (χ3v) is 4.50. The zero-order valence-corrected chi connectivity index (χ0v) is 13.8. The van der Waals surface area contributed by atoms with Crippen LogP contribution in [0.5, 0.6) is 0 Å². The van der Waals surface area contributed by atoms with E-state index in [0.29, 0.717) is 5.92 Å². The quantitative estimate of drug-likeness (QED) is 0.850. The van der Waals surface area contributed by atoms with Gasteiger partial charge in [-0.2, -0.15) is 5.10 Å². The van der Waals surface area contributed by atoms with Crippen molar-refractivity contribution in [3.8, 4) is 0 Å². The summed E-state index contributed by atoms with van der Waals surface area (Å²) in [4.78, 5) is 6.92. The second kappa shape index (κ2) is 7.02. The summed E-state index contributed by atoms with van der Waals surface area (Å²) in [5.41, 5.74) is 3.24. The Hall–Kier alpha value is -2.04. The Bertz CT molecular complexity index is 657. The average molecular weight is 314 g/mol. The van der Waals surface area contributed by atoms with Crippen LogP contribution in [0.25, 0.3) is 0 Å². The van der Waals surface area contributed by atoms with Crippen LogP contribution in [-0.2, 0) is 19.3 Å². The highest BCUT2D eigenvalue weighted by atomic mass is 19.1. The molecule has 1 aromatic heterocycles. The van der Waals surface area contributed by atoms with Crippen molar-refractivity contribution >= 4 is 5.95 Å². The van der Waals surface area contributed by atoms with Crippen molar-refractivity contribution in [3.63, 3.8) is 0 Å². The summed E-state index contributed by atoms with van der Waals surface area (Å²) in [7, 11) is 0. The summed E-state index contributed by atoms with van der Waals surface area (Å²) in [6.45, 7) is 6.09. The van der Waals surface area contributed by atoms with E-state index in [1.54, 1.807) is 0 Å². The normalized spacial score (nSPS) is 17.7. The molecule has 0 bridgehead atoms. The number of hydrogen-bond acceptors (Lipinski definition) is 4. The zero-order valence-electron chi connectivity index (χ0n) is 13.8. The summed E-state index contributed by atoms with van der Waals surface area (Å²) < 4.78 is 13.0. The number of benzene rings is 1. The van der Waals surface area contributed by atoms with Crippen molar-refractivity contribution in [3.05, 3.63) is 47.0 Å². The lowest BCUT2D eigenvalue weighted by atomic mass is 9.99. The van der Waals surface area contributed by atoms with Crippen LogP contribution in [-0.4, -0.2) is 28.3 Å². The number of rotatable bonds is 5. The number of hydrogen-bond donors (Lipinski definition) is 0. The van der Waals surface area contributed by atoms with E-state index in [1.807, 2.05) is 12.1 Å². The number of anilines is 1. The lowest BCUT2D eigenvalue weighted by Gasteiger charge is -2.17. The second-order valence-corrected chi connectivity index (χ2v) is 6.14. The van der Waals surface area contributed by atoms with E-state index in [2.05, 4.69) is 28.9 Å². The van der Waals surface area contributed by atoms with Gasteiger partial charge in [-0.25, -0.2) is 9.37 Å². The summed E-state index contributed by atoms with van der Waals surface area (Å²) >= 11 is 0. The Morgan fingerprint density at radius 3 is 2.52 bits per heavy atom. The fourth-order valence-corrected chi connectivity index (χ4v) is 3.20. The first-order valence-corrected chi connectivity index (χ1v) is 8.41. The number of aryl methyl sites for hydroxylation is 2. The van der Waals surface area contributed by atoms with Crippen LogP contribution >= 0.6 is 0 Å². The molecule has 0 saturated carbocycles. The van der Waals surface area contributed by atoms with Crippen LogP contribution in [0, 0.1) is 11.7 Å². The molecule has 1 saturated heterocycles. The minimum Gasteiger partial charge on any atom is -0.339 e. The molecule has 0 spiro atoms. The molecule has 0 N–H and O–H groups in total. The largest absolute Gasteiger partial charge is 0.339 e. The molecule has 1 aromatic carbocycles. The predicted molar refractivity (Wildman–Crippen MR) is 89.0 cm³/mol. The molecule has 1 unspecified atom stereocenters. The highest BCUT2D eigenvalue weighted by Crippen LogP contribution is 2.24. The van der Waals surface area contributed by atoms with Gasteiger partial charge in [0.25, 0.3) is 0 Å². The topological polar surface area (TPSA) is 41.9 Å². The Kier molecular flexibility index (Phi) is 4.84. The van der Waals surface area contributed by atoms with Crippen LogP contribution in [0.1, 0.15) is 37.2 Å². The summed E-state index contributed by atoms with van der Waals surface area (Å²) in [6, 6.07) is 6.82. The van der Waals surface area contributed by atoms with Gasteiger partial charge in [0.05, 0.1) is 11.4 Å². The maximum Gasteiger partial charge on any atom is 0.245 e. The molecular formula is C18H23FN4. The number of halogens is 1. The molecule has 0 amide bonds. The highest BCUT2D eigenvalue weighted by Gasteiger charge is 2.25. The Morgan fingerprint density at radius 2 is 1.83 bits per heavy atom. The second-order valence-electron chi connectivity index (χ2n) is 6.14. The van der Waals surface area contributed by atoms with Gasteiger partial charge < -0.3 is 4.90 Å². The Labute approximate surface area is 136 Å². The van der Waals surface area contributed by atoms with Crippen molar-refractivity contribution in [1.82, 2.24) is 15.2 Å². The van der Waals surface area contributed by atoms with Crippen molar-refractivity contribution in [1.29, 1.82) is 0 Å². The van der Waals surface area contributed by atoms with E-state index < -0.39 is 0 Å². The van der Waals surface area contributed by atoms with Crippen molar-refractivity contribution in [2.75, 3.05) is 18.0 Å². The van der Waals surface area contributed by atoms with Gasteiger partial charge in [-0.3, -0.25) is 0 Å². The molecular weight excluding hydrogens is 291 g/mol. The van der Waals surface area contributed by atoms with Crippen LogP contribution in [0.4, 0.5) is 10.3 Å². The minimum absolute atomic E-state index is 0.176. The first kappa shape index (κ1) is 15.8. The molecule has 0 radical (unpaired) electrons. The van der Waals surface area contributed by atoms with Gasteiger partial charge in [0.2, 0.25) is 5.95 Å². The van der Waals surface area contributed by atoms with E-state index in [1.165, 1.54) is 17.7 Å². The molecule has 3 rings (SSSR count). The molecule has 5 heteroatoms. The maximum absolute atomic E-state index is 13.0. The molecule has 1 fully saturated rings. The lowest BCUT2D eigenvalue weighted by molar-refractivity contribution is 0.582. The number of aromatic nitrogens is 3. The van der Waals surface area contributed by atoms with E-state index in [0.717, 1.165) is 56.1 Å². The smallest absolute Gasteiger partial charge is 0.245 e. The van der Waals surface area contributed by atoms with E-state index in [9.17, 15) is 4.39 Å². The van der Waals surface area contributed by atoms with Crippen molar-refractivity contribution < 1.29 is 4.39 Å². The molecule has 2 aromatic rings. The van der Waals surface area contributed by atoms with Gasteiger partial charge in [0, 0.05) is 13.1 Å². The van der Waals surface area contributed by atoms with Gasteiger partial charge in [-0.1, -0.05) is 26.0 Å². The first-order valence-electron chi connectivity index (χ1n) is 8.41. The average Bonchev–Trinajstić information content (AvgIpc) is 3.05. The minimum atomic E-state index is -0.176. The Balaban J connectivity index is 1.66. The van der Waals surface area contributed by atoms with E-state index in [4.69, 9.17) is 4.98 Å². The third-order valence-electron chi connectivity index (χ3n) is 4.50. The summed E-state index contributed by atoms with van der Waals surface area (Å²) in [5, 5.41) is 8.64.